The number of aromatic hydroxyl groups is 1. The average molecular weight is 358 g/mol. The van der Waals surface area contributed by atoms with Crippen molar-refractivity contribution in [1.29, 1.82) is 0 Å². The smallest absolute Gasteiger partial charge is 0.270 e. The summed E-state index contributed by atoms with van der Waals surface area (Å²) in [5, 5.41) is 23.1. The molecule has 2 N–H and O–H groups in total. The molecule has 0 heterocycles. The van der Waals surface area contributed by atoms with Gasteiger partial charge in [0.05, 0.1) is 19.1 Å². The molecule has 2 aromatic carbocycles. The van der Waals surface area contributed by atoms with Gasteiger partial charge in [-0.05, 0) is 29.8 Å². The SMILES string of the molecule is COc1ccc(/C=C/C(=O)NCc2cc([N+](=O)[O-])ccc2O)cc1OC. The summed E-state index contributed by atoms with van der Waals surface area (Å²) < 4.78 is 10.3. The number of methoxy groups -OCH3 is 2. The van der Waals surface area contributed by atoms with Crippen molar-refractivity contribution in [3.8, 4) is 17.2 Å². The molecule has 0 bridgehead atoms. The lowest BCUT2D eigenvalue weighted by Gasteiger charge is -2.07. The van der Waals surface area contributed by atoms with E-state index in [0.29, 0.717) is 11.5 Å². The van der Waals surface area contributed by atoms with Crippen LogP contribution in [-0.2, 0) is 11.3 Å². The highest BCUT2D eigenvalue weighted by Gasteiger charge is 2.10. The Morgan fingerprint density at radius 1 is 1.19 bits per heavy atom. The number of phenols is 1. The lowest BCUT2D eigenvalue weighted by molar-refractivity contribution is -0.384. The highest BCUT2D eigenvalue weighted by Crippen LogP contribution is 2.28. The summed E-state index contributed by atoms with van der Waals surface area (Å²) >= 11 is 0. The van der Waals surface area contributed by atoms with E-state index in [2.05, 4.69) is 5.32 Å². The van der Waals surface area contributed by atoms with Crippen LogP contribution in [0.3, 0.4) is 0 Å². The number of carbonyl (C=O) groups is 1. The molecule has 0 aromatic heterocycles. The predicted octanol–water partition coefficient (Wildman–Crippen LogP) is 2.65. The number of non-ortho nitro benzene ring substituents is 1. The normalized spacial score (nSPS) is 10.5. The van der Waals surface area contributed by atoms with E-state index in [1.165, 1.54) is 38.5 Å². The Balaban J connectivity index is 2.02. The number of nitrogens with one attached hydrogen (secondary N) is 1. The number of nitrogens with zero attached hydrogens (tertiary/aromatic N) is 1. The van der Waals surface area contributed by atoms with Gasteiger partial charge in [0, 0.05) is 30.3 Å². The summed E-state index contributed by atoms with van der Waals surface area (Å²) in [6.45, 7) is -0.0391. The third kappa shape index (κ3) is 4.73. The Morgan fingerprint density at radius 3 is 2.58 bits per heavy atom. The zero-order valence-electron chi connectivity index (χ0n) is 14.3. The number of amides is 1. The molecular formula is C18H18N2O6. The predicted molar refractivity (Wildman–Crippen MR) is 95.2 cm³/mol. The van der Waals surface area contributed by atoms with Gasteiger partial charge >= 0.3 is 0 Å². The lowest BCUT2D eigenvalue weighted by Crippen LogP contribution is -2.20. The van der Waals surface area contributed by atoms with Crippen molar-refractivity contribution in [3.05, 3.63) is 63.7 Å². The molecular weight excluding hydrogens is 340 g/mol. The Labute approximate surface area is 149 Å². The lowest BCUT2D eigenvalue weighted by atomic mass is 10.1. The molecule has 1 amide bonds. The van der Waals surface area contributed by atoms with Crippen molar-refractivity contribution in [2.75, 3.05) is 14.2 Å². The van der Waals surface area contributed by atoms with E-state index in [1.54, 1.807) is 24.3 Å². The van der Waals surface area contributed by atoms with Crippen LogP contribution >= 0.6 is 0 Å². The number of rotatable bonds is 7. The van der Waals surface area contributed by atoms with E-state index in [1.807, 2.05) is 0 Å². The molecule has 8 nitrogen and oxygen atoms in total. The van der Waals surface area contributed by atoms with Gasteiger partial charge in [0.25, 0.3) is 5.69 Å². The third-order valence-electron chi connectivity index (χ3n) is 3.56. The molecule has 0 spiro atoms. The van der Waals surface area contributed by atoms with Crippen molar-refractivity contribution in [2.24, 2.45) is 0 Å². The molecule has 0 fully saturated rings. The van der Waals surface area contributed by atoms with Crippen LogP contribution in [0.25, 0.3) is 6.08 Å². The summed E-state index contributed by atoms with van der Waals surface area (Å²) in [6.07, 6.45) is 2.90. The van der Waals surface area contributed by atoms with Crippen LogP contribution < -0.4 is 14.8 Å². The van der Waals surface area contributed by atoms with Gasteiger partial charge in [-0.3, -0.25) is 14.9 Å². The molecule has 2 aromatic rings. The highest BCUT2D eigenvalue weighted by atomic mass is 16.6. The number of carbonyl (C=O) groups excluding carboxylic acids is 1. The minimum absolute atomic E-state index is 0.0391. The van der Waals surface area contributed by atoms with E-state index in [4.69, 9.17) is 9.47 Å². The van der Waals surface area contributed by atoms with Gasteiger partial charge in [-0.25, -0.2) is 0 Å². The highest BCUT2D eigenvalue weighted by molar-refractivity contribution is 5.91. The Kier molecular flexibility index (Phi) is 6.15. The standard InChI is InChI=1S/C18H18N2O6/c1-25-16-7-3-12(9-17(16)26-2)4-8-18(22)19-11-13-10-14(20(23)24)5-6-15(13)21/h3-10,21H,11H2,1-2H3,(H,19,22)/b8-4+. The van der Waals surface area contributed by atoms with Crippen LogP contribution in [0.2, 0.25) is 0 Å². The maximum Gasteiger partial charge on any atom is 0.270 e. The number of nitro benzene ring substituents is 1. The number of phenolic OH excluding ortho intramolecular Hbond substituents is 1. The van der Waals surface area contributed by atoms with Gasteiger partial charge in [-0.15, -0.1) is 0 Å². The van der Waals surface area contributed by atoms with Crippen LogP contribution in [0.15, 0.2) is 42.5 Å². The summed E-state index contributed by atoms with van der Waals surface area (Å²) in [5.74, 6) is 0.581. The van der Waals surface area contributed by atoms with Crippen molar-refractivity contribution < 1.29 is 24.3 Å². The fraction of sp³-hybridized carbons (Fsp3) is 0.167. The van der Waals surface area contributed by atoms with Crippen molar-refractivity contribution >= 4 is 17.7 Å². The molecule has 26 heavy (non-hydrogen) atoms. The minimum Gasteiger partial charge on any atom is -0.508 e. The molecule has 0 aliphatic heterocycles. The molecule has 0 atom stereocenters. The van der Waals surface area contributed by atoms with Crippen molar-refractivity contribution in [2.45, 2.75) is 6.54 Å². The summed E-state index contributed by atoms with van der Waals surface area (Å²) in [6, 6.07) is 8.83. The van der Waals surface area contributed by atoms with Gasteiger partial charge in [0.1, 0.15) is 5.75 Å². The van der Waals surface area contributed by atoms with Gasteiger partial charge in [0.15, 0.2) is 11.5 Å². The summed E-state index contributed by atoms with van der Waals surface area (Å²) in [7, 11) is 3.05. The zero-order chi connectivity index (χ0) is 19.1. The van der Waals surface area contributed by atoms with Crippen molar-refractivity contribution in [1.82, 2.24) is 5.32 Å². The first-order chi connectivity index (χ1) is 12.4. The van der Waals surface area contributed by atoms with Gasteiger partial charge in [0.2, 0.25) is 5.91 Å². The second kappa shape index (κ2) is 8.52. The molecule has 8 heteroatoms. The number of nitro groups is 1. The monoisotopic (exact) mass is 358 g/mol. The van der Waals surface area contributed by atoms with E-state index in [0.717, 1.165) is 5.56 Å². The van der Waals surface area contributed by atoms with E-state index >= 15 is 0 Å². The van der Waals surface area contributed by atoms with E-state index < -0.39 is 10.8 Å². The minimum atomic E-state index is -0.568. The third-order valence-corrected chi connectivity index (χ3v) is 3.56. The summed E-state index contributed by atoms with van der Waals surface area (Å²) in [5.41, 5.74) is 0.830. The molecule has 0 saturated carbocycles. The van der Waals surface area contributed by atoms with Crippen LogP contribution in [0.4, 0.5) is 5.69 Å². The van der Waals surface area contributed by atoms with Crippen LogP contribution in [0.5, 0.6) is 17.2 Å². The molecule has 0 unspecified atom stereocenters. The van der Waals surface area contributed by atoms with Gasteiger partial charge in [-0.1, -0.05) is 6.07 Å². The number of hydrogen-bond acceptors (Lipinski definition) is 6. The van der Waals surface area contributed by atoms with Crippen molar-refractivity contribution in [3.63, 3.8) is 0 Å². The van der Waals surface area contributed by atoms with E-state index in [-0.39, 0.29) is 23.5 Å². The van der Waals surface area contributed by atoms with Gasteiger partial charge in [-0.2, -0.15) is 0 Å². The number of benzene rings is 2. The first-order valence-electron chi connectivity index (χ1n) is 7.59. The Hall–Kier alpha value is -3.55. The molecule has 0 saturated heterocycles. The molecule has 0 radical (unpaired) electrons. The molecule has 2 rings (SSSR count). The molecule has 0 aliphatic rings. The maximum absolute atomic E-state index is 11.9. The van der Waals surface area contributed by atoms with Crippen LogP contribution in [0, 0.1) is 10.1 Å². The Bertz CT molecular complexity index is 848. The van der Waals surface area contributed by atoms with Crippen LogP contribution in [0.1, 0.15) is 11.1 Å². The van der Waals surface area contributed by atoms with Gasteiger partial charge < -0.3 is 19.9 Å². The molecule has 136 valence electrons. The quantitative estimate of drug-likeness (QED) is 0.447. The topological polar surface area (TPSA) is 111 Å². The fourth-order valence-corrected chi connectivity index (χ4v) is 2.20. The second-order valence-corrected chi connectivity index (χ2v) is 5.24. The number of ether oxygens (including phenoxy) is 2. The summed E-state index contributed by atoms with van der Waals surface area (Å²) in [4.78, 5) is 22.1. The molecule has 0 aliphatic carbocycles. The van der Waals surface area contributed by atoms with E-state index in [9.17, 15) is 20.0 Å². The first-order valence-corrected chi connectivity index (χ1v) is 7.59. The number of hydrogen-bond donors (Lipinski definition) is 2. The average Bonchev–Trinajstić information content (AvgIpc) is 2.65. The Morgan fingerprint density at radius 2 is 1.92 bits per heavy atom. The maximum atomic E-state index is 11.9. The van der Waals surface area contributed by atoms with Crippen LogP contribution in [-0.4, -0.2) is 30.2 Å². The fourth-order valence-electron chi connectivity index (χ4n) is 2.20. The first kappa shape index (κ1) is 18.8. The second-order valence-electron chi connectivity index (χ2n) is 5.24. The zero-order valence-corrected chi connectivity index (χ0v) is 14.3. The largest absolute Gasteiger partial charge is 0.508 e.